The molecule has 0 spiro atoms. The third kappa shape index (κ3) is 5.74. The van der Waals surface area contributed by atoms with Crippen LogP contribution in [0.1, 0.15) is 18.5 Å². The van der Waals surface area contributed by atoms with Crippen molar-refractivity contribution in [3.63, 3.8) is 0 Å². The number of hydrogen-bond donors (Lipinski definition) is 1. The predicted octanol–water partition coefficient (Wildman–Crippen LogP) is 4.60. The van der Waals surface area contributed by atoms with Crippen molar-refractivity contribution in [3.8, 4) is 11.4 Å². The molecule has 238 valence electrons. The number of hydrogen-bond acceptors (Lipinski definition) is 6. The highest BCUT2D eigenvalue weighted by Crippen LogP contribution is 2.48. The van der Waals surface area contributed by atoms with Crippen molar-refractivity contribution in [2.24, 2.45) is 0 Å². The summed E-state index contributed by atoms with van der Waals surface area (Å²) >= 11 is 0. The summed E-state index contributed by atoms with van der Waals surface area (Å²) in [6.45, 7) is -1.54. The van der Waals surface area contributed by atoms with E-state index in [1.54, 1.807) is 0 Å². The van der Waals surface area contributed by atoms with Crippen LogP contribution in [0.15, 0.2) is 66.2 Å². The molecule has 2 aromatic carbocycles. The first-order valence-electron chi connectivity index (χ1n) is 12.2. The Morgan fingerprint density at radius 2 is 1.61 bits per heavy atom. The van der Waals surface area contributed by atoms with Crippen LogP contribution < -0.4 is 10.4 Å². The Morgan fingerprint density at radius 3 is 2.18 bits per heavy atom. The molecule has 0 aliphatic rings. The number of halogens is 10. The van der Waals surface area contributed by atoms with Crippen molar-refractivity contribution in [2.45, 2.75) is 49.3 Å². The summed E-state index contributed by atoms with van der Waals surface area (Å²) in [7, 11) is 0. The van der Waals surface area contributed by atoms with Gasteiger partial charge in [0.1, 0.15) is 42.0 Å². The molecule has 0 fully saturated rings. The monoisotopic (exact) mass is 642 g/mol. The Morgan fingerprint density at radius 1 is 0.955 bits per heavy atom. The van der Waals surface area contributed by atoms with E-state index >= 15 is 0 Å². The van der Waals surface area contributed by atoms with Gasteiger partial charge in [-0.05, 0) is 37.3 Å². The first kappa shape index (κ1) is 32.5. The van der Waals surface area contributed by atoms with Crippen LogP contribution in [0.3, 0.4) is 0 Å². The van der Waals surface area contributed by atoms with Gasteiger partial charge in [-0.1, -0.05) is 6.07 Å². The lowest BCUT2D eigenvalue weighted by atomic mass is 9.86. The molecule has 19 heteroatoms. The van der Waals surface area contributed by atoms with E-state index < -0.39 is 77.6 Å². The summed E-state index contributed by atoms with van der Waals surface area (Å²) in [5.41, 5.74) is -3.61. The molecule has 4 rings (SSSR count). The number of benzene rings is 2. The van der Waals surface area contributed by atoms with Gasteiger partial charge in [0.05, 0.1) is 18.3 Å². The minimum atomic E-state index is -6.45. The lowest BCUT2D eigenvalue weighted by molar-refractivity contribution is -0.342. The molecule has 2 heterocycles. The normalized spacial score (nSPS) is 14.9. The van der Waals surface area contributed by atoms with Gasteiger partial charge in [-0.25, -0.2) is 41.3 Å². The van der Waals surface area contributed by atoms with Crippen LogP contribution in [0.5, 0.6) is 5.75 Å². The van der Waals surface area contributed by atoms with E-state index in [9.17, 15) is 53.8 Å². The van der Waals surface area contributed by atoms with Gasteiger partial charge in [0.2, 0.25) is 0 Å². The minimum Gasteiger partial charge on any atom is -0.487 e. The van der Waals surface area contributed by atoms with E-state index in [2.05, 4.69) is 19.9 Å². The van der Waals surface area contributed by atoms with Crippen LogP contribution in [0, 0.1) is 11.6 Å². The van der Waals surface area contributed by atoms with Crippen molar-refractivity contribution >= 4 is 0 Å². The quantitative estimate of drug-likeness (QED) is 0.227. The third-order valence-electron chi connectivity index (χ3n) is 6.71. The van der Waals surface area contributed by atoms with Crippen molar-refractivity contribution in [2.75, 3.05) is 6.61 Å². The number of ether oxygens (including phenoxy) is 1. The smallest absolute Gasteiger partial charge is 0.381 e. The zero-order chi connectivity index (χ0) is 32.7. The van der Waals surface area contributed by atoms with E-state index in [-0.39, 0.29) is 5.69 Å². The molecule has 1 N–H and O–H groups in total. The molecule has 0 unspecified atom stereocenters. The topological polar surface area (TPSA) is 100.0 Å². The van der Waals surface area contributed by atoms with Gasteiger partial charge in [-0.2, -0.15) is 36.5 Å². The first-order valence-corrected chi connectivity index (χ1v) is 12.2. The maximum absolute atomic E-state index is 14.8. The summed E-state index contributed by atoms with van der Waals surface area (Å²) in [6, 6.07) is 4.93. The number of alkyl halides is 8. The van der Waals surface area contributed by atoms with Crippen LogP contribution >= 0.6 is 0 Å². The van der Waals surface area contributed by atoms with E-state index in [1.165, 1.54) is 13.3 Å². The molecule has 0 radical (unpaired) electrons. The average molecular weight is 642 g/mol. The van der Waals surface area contributed by atoms with Crippen molar-refractivity contribution < 1.29 is 53.7 Å². The van der Waals surface area contributed by atoms with Gasteiger partial charge in [0.25, 0.3) is 0 Å². The molecule has 2 aromatic heterocycles. The van der Waals surface area contributed by atoms with Gasteiger partial charge < -0.3 is 9.84 Å². The Hall–Kier alpha value is -4.42. The summed E-state index contributed by atoms with van der Waals surface area (Å²) in [6.07, 6.45) is -1.78. The average Bonchev–Trinajstić information content (AvgIpc) is 3.60. The zero-order valence-electron chi connectivity index (χ0n) is 22.1. The van der Waals surface area contributed by atoms with E-state index in [0.717, 1.165) is 63.0 Å². The molecule has 0 aliphatic carbocycles. The van der Waals surface area contributed by atoms with Crippen LogP contribution in [0.2, 0.25) is 0 Å². The summed E-state index contributed by atoms with van der Waals surface area (Å²) in [4.78, 5) is 17.0. The second-order valence-electron chi connectivity index (χ2n) is 9.53. The number of aliphatic hydroxyl groups is 1. The van der Waals surface area contributed by atoms with Crippen LogP contribution in [-0.2, 0) is 12.1 Å². The van der Waals surface area contributed by atoms with Crippen molar-refractivity contribution in [3.05, 3.63) is 89.1 Å². The SMILES string of the molecule is C[C@@H](n1ncn(-c2ccc(OCC(F)(F)C(F)(F)C(F)(F)C(F)F)cc2)c1=O)[C@](O)(Cn1cncn1)c1ccc(F)cc1F. The summed E-state index contributed by atoms with van der Waals surface area (Å²) in [5, 5.41) is 19.5. The fourth-order valence-corrected chi connectivity index (χ4v) is 4.15. The molecular weight excluding hydrogens is 622 g/mol. The molecule has 0 amide bonds. The number of nitrogens with zero attached hydrogens (tertiary/aromatic N) is 6. The van der Waals surface area contributed by atoms with Gasteiger partial charge in [0.15, 0.2) is 6.61 Å². The molecule has 0 bridgehead atoms. The molecule has 4 aromatic rings. The highest BCUT2D eigenvalue weighted by atomic mass is 19.4. The second-order valence-corrected chi connectivity index (χ2v) is 9.53. The molecule has 44 heavy (non-hydrogen) atoms. The van der Waals surface area contributed by atoms with Crippen LogP contribution in [0.4, 0.5) is 43.9 Å². The standard InChI is InChI=1S/C25H20F10N6O3/c1-14(22(43,9-39-12-36-11-37-39)18-7-2-15(26)8-19(18)27)41-21(42)40(13-38-41)16-3-5-17(6-4-16)44-10-23(30,31)25(34,35)24(32,33)20(28)29/h2-8,11-14,20,43H,9-10H2,1H3/t14-,22-/m1/s1. The fourth-order valence-electron chi connectivity index (χ4n) is 4.15. The van der Waals surface area contributed by atoms with E-state index in [0.29, 0.717) is 6.07 Å². The van der Waals surface area contributed by atoms with E-state index in [4.69, 9.17) is 0 Å². The Kier molecular flexibility index (Phi) is 8.55. The molecule has 9 nitrogen and oxygen atoms in total. The fraction of sp³-hybridized carbons (Fsp3) is 0.360. The maximum atomic E-state index is 14.8. The lowest BCUT2D eigenvalue weighted by Gasteiger charge is -2.34. The van der Waals surface area contributed by atoms with Crippen molar-refractivity contribution in [1.29, 1.82) is 0 Å². The Bertz CT molecular complexity index is 1640. The lowest BCUT2D eigenvalue weighted by Crippen LogP contribution is -2.59. The summed E-state index contributed by atoms with van der Waals surface area (Å²) < 4.78 is 141. The first-order chi connectivity index (χ1) is 20.4. The Labute approximate surface area is 239 Å². The zero-order valence-corrected chi connectivity index (χ0v) is 22.1. The van der Waals surface area contributed by atoms with Crippen molar-refractivity contribution in [1.82, 2.24) is 29.1 Å². The number of rotatable bonds is 12. The number of aromatic nitrogens is 6. The molecular formula is C25H20F10N6O3. The highest BCUT2D eigenvalue weighted by molar-refractivity contribution is 5.37. The minimum absolute atomic E-state index is 0.0186. The molecule has 0 saturated heterocycles. The van der Waals surface area contributed by atoms with Gasteiger partial charge in [-0.3, -0.25) is 0 Å². The van der Waals surface area contributed by atoms with Gasteiger partial charge in [0, 0.05) is 11.6 Å². The Balaban J connectivity index is 1.58. The molecule has 2 atom stereocenters. The molecule has 0 saturated carbocycles. The van der Waals surface area contributed by atoms with Crippen LogP contribution in [0.25, 0.3) is 5.69 Å². The summed E-state index contributed by atoms with van der Waals surface area (Å²) in [5.74, 6) is -21.1. The molecule has 0 aliphatic heterocycles. The second kappa shape index (κ2) is 11.6. The third-order valence-corrected chi connectivity index (χ3v) is 6.71. The van der Waals surface area contributed by atoms with Gasteiger partial charge in [-0.15, -0.1) is 0 Å². The van der Waals surface area contributed by atoms with Gasteiger partial charge >= 0.3 is 29.9 Å². The van der Waals surface area contributed by atoms with E-state index in [1.807, 2.05) is 0 Å². The van der Waals surface area contributed by atoms with Crippen LogP contribution in [-0.4, -0.2) is 65.0 Å². The predicted molar refractivity (Wildman–Crippen MR) is 129 cm³/mol. The highest BCUT2D eigenvalue weighted by Gasteiger charge is 2.75. The largest absolute Gasteiger partial charge is 0.487 e. The maximum Gasteiger partial charge on any atom is 0.381 e.